The SMILES string of the molecule is CCOc1ccccc1O[C@@H](c1ccccc1)[C@@H]1CNCCO1.CCOc1ccccc1O[C@@H](c1ccccc1)[C@H]1CNCCO1.CCOc1ccccc1O[C@H](c1ccccc1)[C@@H]1CNCCO1.CCOc1ccccc1O[C@](C)(c1ccccc1)[C@H]1CNCCO1. The fourth-order valence-electron chi connectivity index (χ4n) is 11.3. The molecule has 4 N–H and O–H groups in total. The van der Waals surface area contributed by atoms with Gasteiger partial charge in [-0.25, -0.2) is 0 Å². The van der Waals surface area contributed by atoms with E-state index in [9.17, 15) is 0 Å². The van der Waals surface area contributed by atoms with E-state index in [4.69, 9.17) is 56.8 Å². The average molecular weight is 1270 g/mol. The second-order valence-corrected chi connectivity index (χ2v) is 22.3. The molecule has 4 aliphatic rings. The van der Waals surface area contributed by atoms with Crippen molar-refractivity contribution in [2.24, 2.45) is 0 Å². The Hall–Kier alpha value is -8.16. The van der Waals surface area contributed by atoms with Crippen LogP contribution in [0.4, 0.5) is 0 Å². The van der Waals surface area contributed by atoms with Gasteiger partial charge in [0.15, 0.2) is 69.9 Å². The molecule has 8 aromatic rings. The van der Waals surface area contributed by atoms with Crippen molar-refractivity contribution in [3.05, 3.63) is 241 Å². The van der Waals surface area contributed by atoms with E-state index in [1.165, 1.54) is 0 Å². The van der Waals surface area contributed by atoms with Gasteiger partial charge in [-0.15, -0.1) is 0 Å². The average Bonchev–Trinajstić information content (AvgIpc) is 0.976. The Morgan fingerprint density at radius 1 is 0.333 bits per heavy atom. The maximum Gasteiger partial charge on any atom is 0.162 e. The molecule has 0 aliphatic carbocycles. The van der Waals surface area contributed by atoms with Crippen LogP contribution in [0.5, 0.6) is 46.0 Å². The third kappa shape index (κ3) is 20.7. The maximum absolute atomic E-state index is 6.52. The molecule has 0 amide bonds. The molecule has 494 valence electrons. The van der Waals surface area contributed by atoms with Crippen molar-refractivity contribution in [2.75, 3.05) is 105 Å². The van der Waals surface area contributed by atoms with E-state index < -0.39 is 5.60 Å². The summed E-state index contributed by atoms with van der Waals surface area (Å²) < 4.78 is 72.1. The van der Waals surface area contributed by atoms with Gasteiger partial charge in [0.2, 0.25) is 0 Å². The molecule has 0 radical (unpaired) electrons. The number of ether oxygens (including phenoxy) is 12. The van der Waals surface area contributed by atoms with Crippen LogP contribution in [0, 0.1) is 0 Å². The Kier molecular flexibility index (Phi) is 28.4. The number of hydrogen-bond donors (Lipinski definition) is 4. The predicted octanol–water partition coefficient (Wildman–Crippen LogP) is 12.9. The minimum atomic E-state index is -0.609. The molecular formula is C77H94N4O12. The molecule has 0 unspecified atom stereocenters. The Bertz CT molecular complexity index is 3050. The quantitative estimate of drug-likeness (QED) is 0.0452. The molecule has 4 aliphatic heterocycles. The lowest BCUT2D eigenvalue weighted by molar-refractivity contribution is -0.0999. The number of hydrogen-bond acceptors (Lipinski definition) is 16. The van der Waals surface area contributed by atoms with E-state index in [1.807, 2.05) is 198 Å². The van der Waals surface area contributed by atoms with Crippen molar-refractivity contribution in [2.45, 2.75) is 82.9 Å². The van der Waals surface area contributed by atoms with Crippen molar-refractivity contribution in [3.63, 3.8) is 0 Å². The summed E-state index contributed by atoms with van der Waals surface area (Å²) in [5.41, 5.74) is 3.79. The van der Waals surface area contributed by atoms with E-state index in [1.54, 1.807) is 0 Å². The highest BCUT2D eigenvalue weighted by atomic mass is 16.6. The molecule has 8 aromatic carbocycles. The topological polar surface area (TPSA) is 159 Å². The first-order chi connectivity index (χ1) is 45.9. The van der Waals surface area contributed by atoms with Crippen LogP contribution < -0.4 is 59.2 Å². The summed E-state index contributed by atoms with van der Waals surface area (Å²) in [6, 6.07) is 72.0. The number of para-hydroxylation sites is 8. The zero-order valence-corrected chi connectivity index (χ0v) is 54.5. The Balaban J connectivity index is 0.000000146. The van der Waals surface area contributed by atoms with Gasteiger partial charge in [0, 0.05) is 52.4 Å². The van der Waals surface area contributed by atoms with E-state index in [2.05, 4.69) is 76.7 Å². The Morgan fingerprint density at radius 3 is 0.892 bits per heavy atom. The second kappa shape index (κ2) is 38.1. The van der Waals surface area contributed by atoms with E-state index in [0.29, 0.717) is 52.9 Å². The van der Waals surface area contributed by atoms with Gasteiger partial charge < -0.3 is 78.1 Å². The Morgan fingerprint density at radius 2 is 0.602 bits per heavy atom. The molecule has 0 saturated carbocycles. The number of morpholine rings is 4. The molecule has 12 rings (SSSR count). The molecule has 8 atom stereocenters. The lowest BCUT2D eigenvalue weighted by Crippen LogP contribution is -2.52. The molecule has 0 spiro atoms. The van der Waals surface area contributed by atoms with Crippen LogP contribution in [-0.4, -0.2) is 130 Å². The van der Waals surface area contributed by atoms with Crippen molar-refractivity contribution in [3.8, 4) is 46.0 Å². The largest absolute Gasteiger partial charge is 0.490 e. The lowest BCUT2D eigenvalue weighted by atomic mass is 9.88. The van der Waals surface area contributed by atoms with Gasteiger partial charge in [0.25, 0.3) is 0 Å². The molecule has 0 bridgehead atoms. The number of nitrogens with one attached hydrogen (secondary N) is 4. The number of rotatable bonds is 24. The predicted molar refractivity (Wildman–Crippen MR) is 365 cm³/mol. The van der Waals surface area contributed by atoms with E-state index in [-0.39, 0.29) is 42.7 Å². The van der Waals surface area contributed by atoms with Gasteiger partial charge in [0.05, 0.1) is 52.9 Å². The molecule has 16 nitrogen and oxygen atoms in total. The van der Waals surface area contributed by atoms with Crippen LogP contribution in [0.1, 0.15) is 75.2 Å². The first kappa shape index (κ1) is 69.2. The zero-order valence-electron chi connectivity index (χ0n) is 54.5. The van der Waals surface area contributed by atoms with Crippen molar-refractivity contribution < 1.29 is 56.8 Å². The lowest BCUT2D eigenvalue weighted by Gasteiger charge is -2.40. The highest BCUT2D eigenvalue weighted by Crippen LogP contribution is 2.40. The third-order valence-electron chi connectivity index (χ3n) is 15.8. The molecular weight excluding hydrogens is 1170 g/mol. The molecule has 16 heteroatoms. The molecule has 4 fully saturated rings. The summed E-state index contributed by atoms with van der Waals surface area (Å²) in [5, 5.41) is 13.5. The van der Waals surface area contributed by atoms with Gasteiger partial charge in [-0.2, -0.15) is 0 Å². The standard InChI is InChI=1S/C20H25NO3.3C19H23NO3/c1-3-22-17-11-7-8-12-18(17)24-20(2,16-9-5-4-6-10-16)19-15-21-13-14-23-19;3*1-2-21-16-10-6-7-11-17(16)23-19(15-8-4-3-5-9-15)18-14-20-12-13-22-18/h4-12,19,21H,3,13-15H2,1-2H3;3*3-11,18-20H,2,12-14H2,1H3/t19-,20-;2*18-,19+;18-,19-/m1100/s1. The smallest absolute Gasteiger partial charge is 0.162 e. The highest BCUT2D eigenvalue weighted by molar-refractivity contribution is 5.44. The summed E-state index contributed by atoms with van der Waals surface area (Å²) >= 11 is 0. The van der Waals surface area contributed by atoms with Crippen molar-refractivity contribution in [1.82, 2.24) is 21.3 Å². The minimum Gasteiger partial charge on any atom is -0.490 e. The first-order valence-corrected chi connectivity index (χ1v) is 32.9. The van der Waals surface area contributed by atoms with Crippen LogP contribution >= 0.6 is 0 Å². The first-order valence-electron chi connectivity index (χ1n) is 32.9. The van der Waals surface area contributed by atoms with Crippen molar-refractivity contribution in [1.29, 1.82) is 0 Å². The van der Waals surface area contributed by atoms with Gasteiger partial charge >= 0.3 is 0 Å². The van der Waals surface area contributed by atoms with Crippen molar-refractivity contribution >= 4 is 0 Å². The minimum absolute atomic E-state index is 0.0270. The number of benzene rings is 8. The summed E-state index contributed by atoms with van der Waals surface area (Å²) in [5.74, 6) is 6.03. The van der Waals surface area contributed by atoms with Gasteiger partial charge in [-0.3, -0.25) is 0 Å². The Labute approximate surface area is 550 Å². The maximum atomic E-state index is 6.52. The van der Waals surface area contributed by atoms with Gasteiger partial charge in [0.1, 0.15) is 24.4 Å². The van der Waals surface area contributed by atoms with Crippen LogP contribution in [0.25, 0.3) is 0 Å². The van der Waals surface area contributed by atoms with Crippen LogP contribution in [-0.2, 0) is 24.5 Å². The van der Waals surface area contributed by atoms with Gasteiger partial charge in [-0.1, -0.05) is 170 Å². The monoisotopic (exact) mass is 1270 g/mol. The second-order valence-electron chi connectivity index (χ2n) is 22.3. The van der Waals surface area contributed by atoms with Crippen LogP contribution in [0.2, 0.25) is 0 Å². The summed E-state index contributed by atoms with van der Waals surface area (Å²) in [6.07, 6.45) is -0.687. The normalized spacial score (nSPS) is 19.4. The van der Waals surface area contributed by atoms with E-state index in [0.717, 1.165) is 121 Å². The fourth-order valence-corrected chi connectivity index (χ4v) is 11.3. The van der Waals surface area contributed by atoms with Gasteiger partial charge in [-0.05, 0) is 105 Å². The molecule has 0 aromatic heterocycles. The third-order valence-corrected chi connectivity index (χ3v) is 15.8. The molecule has 4 heterocycles. The highest BCUT2D eigenvalue weighted by Gasteiger charge is 2.41. The fraction of sp³-hybridized carbons (Fsp3) is 0.377. The van der Waals surface area contributed by atoms with Crippen LogP contribution in [0.15, 0.2) is 218 Å². The summed E-state index contributed by atoms with van der Waals surface area (Å²) in [4.78, 5) is 0. The van der Waals surface area contributed by atoms with Crippen LogP contribution in [0.3, 0.4) is 0 Å². The zero-order chi connectivity index (χ0) is 64.6. The van der Waals surface area contributed by atoms with E-state index >= 15 is 0 Å². The molecule has 93 heavy (non-hydrogen) atoms. The summed E-state index contributed by atoms with van der Waals surface area (Å²) in [6.45, 7) is 21.8. The summed E-state index contributed by atoms with van der Waals surface area (Å²) in [7, 11) is 0. The molecule has 4 saturated heterocycles.